The highest BCUT2D eigenvalue weighted by Gasteiger charge is 2.31. The van der Waals surface area contributed by atoms with E-state index >= 15 is 0 Å². The standard InChI is InChI=1S/C15H13ClFNO3/c1-20-15(19)12-13(8-3-2-4-8)21-14(18-12)9-5-6-11(17)10(16)7-9/h5-8H,2-4H2,1H3. The van der Waals surface area contributed by atoms with Crippen molar-refractivity contribution in [2.24, 2.45) is 0 Å². The van der Waals surface area contributed by atoms with E-state index in [0.717, 1.165) is 19.3 Å². The van der Waals surface area contributed by atoms with E-state index in [1.165, 1.54) is 25.3 Å². The lowest BCUT2D eigenvalue weighted by molar-refractivity contribution is 0.0590. The van der Waals surface area contributed by atoms with E-state index < -0.39 is 11.8 Å². The van der Waals surface area contributed by atoms with Crippen LogP contribution in [-0.4, -0.2) is 18.1 Å². The smallest absolute Gasteiger partial charge is 0.360 e. The normalized spacial score (nSPS) is 14.8. The summed E-state index contributed by atoms with van der Waals surface area (Å²) in [6.45, 7) is 0. The molecular weight excluding hydrogens is 297 g/mol. The van der Waals surface area contributed by atoms with Crippen LogP contribution in [0.25, 0.3) is 11.5 Å². The predicted molar refractivity (Wildman–Crippen MR) is 74.8 cm³/mol. The molecule has 1 aliphatic carbocycles. The van der Waals surface area contributed by atoms with Crippen molar-refractivity contribution in [3.63, 3.8) is 0 Å². The highest BCUT2D eigenvalue weighted by atomic mass is 35.5. The van der Waals surface area contributed by atoms with Gasteiger partial charge in [-0.05, 0) is 31.0 Å². The van der Waals surface area contributed by atoms with Gasteiger partial charge in [0.05, 0.1) is 12.1 Å². The lowest BCUT2D eigenvalue weighted by Gasteiger charge is -2.23. The Morgan fingerprint density at radius 2 is 2.24 bits per heavy atom. The molecule has 1 heterocycles. The van der Waals surface area contributed by atoms with Gasteiger partial charge in [0.15, 0.2) is 5.69 Å². The number of esters is 1. The molecule has 110 valence electrons. The first kappa shape index (κ1) is 14.1. The maximum Gasteiger partial charge on any atom is 0.360 e. The Hall–Kier alpha value is -1.88. The van der Waals surface area contributed by atoms with Gasteiger partial charge in [-0.2, -0.15) is 0 Å². The Bertz CT molecular complexity index is 694. The van der Waals surface area contributed by atoms with E-state index in [9.17, 15) is 9.18 Å². The third kappa shape index (κ3) is 2.53. The molecule has 1 fully saturated rings. The van der Waals surface area contributed by atoms with Crippen LogP contribution in [0.4, 0.5) is 4.39 Å². The van der Waals surface area contributed by atoms with Crippen LogP contribution in [0.5, 0.6) is 0 Å². The second kappa shape index (κ2) is 5.48. The molecule has 0 radical (unpaired) electrons. The van der Waals surface area contributed by atoms with E-state index in [0.29, 0.717) is 11.3 Å². The van der Waals surface area contributed by atoms with Gasteiger partial charge in [0.2, 0.25) is 5.89 Å². The highest BCUT2D eigenvalue weighted by molar-refractivity contribution is 6.31. The summed E-state index contributed by atoms with van der Waals surface area (Å²) < 4.78 is 23.7. The molecule has 21 heavy (non-hydrogen) atoms. The maximum atomic E-state index is 13.2. The van der Waals surface area contributed by atoms with Crippen LogP contribution in [-0.2, 0) is 4.74 Å². The minimum Gasteiger partial charge on any atom is -0.464 e. The summed E-state index contributed by atoms with van der Waals surface area (Å²) in [6, 6.07) is 4.18. The molecule has 0 spiro atoms. The molecule has 1 saturated carbocycles. The van der Waals surface area contributed by atoms with Crippen LogP contribution in [0.1, 0.15) is 41.4 Å². The largest absolute Gasteiger partial charge is 0.464 e. The van der Waals surface area contributed by atoms with E-state index in [-0.39, 0.29) is 22.5 Å². The van der Waals surface area contributed by atoms with Crippen molar-refractivity contribution < 1.29 is 18.3 Å². The number of hydrogen-bond donors (Lipinski definition) is 0. The van der Waals surface area contributed by atoms with Crippen molar-refractivity contribution in [2.75, 3.05) is 7.11 Å². The number of nitrogens with zero attached hydrogens (tertiary/aromatic N) is 1. The molecule has 4 nitrogen and oxygen atoms in total. The first-order valence-corrected chi connectivity index (χ1v) is 7.02. The van der Waals surface area contributed by atoms with Gasteiger partial charge in [0.25, 0.3) is 0 Å². The fourth-order valence-corrected chi connectivity index (χ4v) is 2.46. The Balaban J connectivity index is 2.04. The minimum absolute atomic E-state index is 0.0180. The van der Waals surface area contributed by atoms with Gasteiger partial charge in [-0.15, -0.1) is 0 Å². The van der Waals surface area contributed by atoms with E-state index in [1.807, 2.05) is 0 Å². The van der Waals surface area contributed by atoms with Crippen molar-refractivity contribution in [3.8, 4) is 11.5 Å². The molecule has 0 aliphatic heterocycles. The number of benzene rings is 1. The van der Waals surface area contributed by atoms with E-state index in [4.69, 9.17) is 20.8 Å². The van der Waals surface area contributed by atoms with Gasteiger partial charge < -0.3 is 9.15 Å². The van der Waals surface area contributed by atoms with Crippen molar-refractivity contribution in [2.45, 2.75) is 25.2 Å². The fraction of sp³-hybridized carbons (Fsp3) is 0.333. The number of carbonyl (C=O) groups excluding carboxylic acids is 1. The summed E-state index contributed by atoms with van der Waals surface area (Å²) in [5.41, 5.74) is 0.717. The first-order chi connectivity index (χ1) is 10.1. The number of methoxy groups -OCH3 is 1. The molecule has 2 aromatic rings. The van der Waals surface area contributed by atoms with Crippen molar-refractivity contribution >= 4 is 17.6 Å². The molecule has 0 N–H and O–H groups in total. The molecule has 0 saturated heterocycles. The number of hydrogen-bond acceptors (Lipinski definition) is 4. The number of aromatic nitrogens is 1. The summed E-state index contributed by atoms with van der Waals surface area (Å²) in [6.07, 6.45) is 3.02. The number of halogens is 2. The lowest BCUT2D eigenvalue weighted by Crippen LogP contribution is -2.13. The molecule has 0 atom stereocenters. The van der Waals surface area contributed by atoms with E-state index in [2.05, 4.69) is 4.98 Å². The topological polar surface area (TPSA) is 52.3 Å². The molecule has 3 rings (SSSR count). The van der Waals surface area contributed by atoms with Gasteiger partial charge in [-0.3, -0.25) is 0 Å². The van der Waals surface area contributed by atoms with E-state index in [1.54, 1.807) is 0 Å². The van der Waals surface area contributed by atoms with Crippen LogP contribution in [0.3, 0.4) is 0 Å². The third-order valence-corrected chi connectivity index (χ3v) is 3.96. The lowest BCUT2D eigenvalue weighted by atomic mass is 9.83. The second-order valence-corrected chi connectivity index (χ2v) is 5.39. The minimum atomic E-state index is -0.528. The Morgan fingerprint density at radius 3 is 2.81 bits per heavy atom. The van der Waals surface area contributed by atoms with Crippen LogP contribution < -0.4 is 0 Å². The van der Waals surface area contributed by atoms with Crippen molar-refractivity contribution in [1.29, 1.82) is 0 Å². The van der Waals surface area contributed by atoms with Crippen LogP contribution in [0, 0.1) is 5.82 Å². The van der Waals surface area contributed by atoms with Crippen LogP contribution in [0.15, 0.2) is 22.6 Å². The molecule has 0 bridgehead atoms. The predicted octanol–water partition coefficient (Wildman–Crippen LogP) is 4.19. The summed E-state index contributed by atoms with van der Waals surface area (Å²) in [5, 5.41) is -0.0180. The summed E-state index contributed by atoms with van der Waals surface area (Å²) in [5.74, 6) is -0.0569. The Labute approximate surface area is 125 Å². The Kier molecular flexibility index (Phi) is 3.68. The highest BCUT2D eigenvalue weighted by Crippen LogP contribution is 2.40. The molecule has 1 aromatic heterocycles. The zero-order valence-corrected chi connectivity index (χ0v) is 12.1. The SMILES string of the molecule is COC(=O)c1nc(-c2ccc(F)c(Cl)c2)oc1C1CCC1. The van der Waals surface area contributed by atoms with Crippen molar-refractivity contribution in [1.82, 2.24) is 4.98 Å². The third-order valence-electron chi connectivity index (χ3n) is 3.67. The molecule has 0 amide bonds. The maximum absolute atomic E-state index is 13.2. The van der Waals surface area contributed by atoms with Gasteiger partial charge in [0, 0.05) is 11.5 Å². The molecule has 1 aromatic carbocycles. The van der Waals surface area contributed by atoms with Gasteiger partial charge in [-0.25, -0.2) is 14.2 Å². The zero-order chi connectivity index (χ0) is 15.0. The average Bonchev–Trinajstić information content (AvgIpc) is 2.84. The van der Waals surface area contributed by atoms with Crippen molar-refractivity contribution in [3.05, 3.63) is 40.5 Å². The number of rotatable bonds is 3. The molecule has 0 unspecified atom stereocenters. The summed E-state index contributed by atoms with van der Waals surface area (Å²) in [7, 11) is 1.30. The molecule has 6 heteroatoms. The Morgan fingerprint density at radius 1 is 1.48 bits per heavy atom. The second-order valence-electron chi connectivity index (χ2n) is 4.98. The number of ether oxygens (including phenoxy) is 1. The first-order valence-electron chi connectivity index (χ1n) is 6.64. The zero-order valence-electron chi connectivity index (χ0n) is 11.4. The number of carbonyl (C=O) groups is 1. The molecular formula is C15H13ClFNO3. The van der Waals surface area contributed by atoms with Crippen LogP contribution in [0.2, 0.25) is 5.02 Å². The quantitative estimate of drug-likeness (QED) is 0.798. The average molecular weight is 310 g/mol. The summed E-state index contributed by atoms with van der Waals surface area (Å²) in [4.78, 5) is 16.0. The monoisotopic (exact) mass is 309 g/mol. The molecule has 1 aliphatic rings. The van der Waals surface area contributed by atoms with Gasteiger partial charge in [0.1, 0.15) is 11.6 Å². The van der Waals surface area contributed by atoms with Gasteiger partial charge >= 0.3 is 5.97 Å². The fourth-order valence-electron chi connectivity index (χ4n) is 2.27. The summed E-state index contributed by atoms with van der Waals surface area (Å²) >= 11 is 5.77. The van der Waals surface area contributed by atoms with Crippen LogP contribution >= 0.6 is 11.6 Å². The number of oxazole rings is 1. The van der Waals surface area contributed by atoms with Gasteiger partial charge in [-0.1, -0.05) is 18.0 Å².